The number of hydrogen-bond acceptors (Lipinski definition) is 14. The van der Waals surface area contributed by atoms with Crippen LogP contribution in [0.15, 0.2) is 20.3 Å². The molecule has 20 nitrogen and oxygen atoms in total. The van der Waals surface area contributed by atoms with Gasteiger partial charge in [0.25, 0.3) is 0 Å². The standard InChI is InChI=1S/C26H35BrN6O14S2/c27-20-21(41)15(48-8-12(23(42)30-6-18(37)38)32-16(35)3-1-10(28)25(44)45)5-14(34)22(20)49-9-13(24(43)31-7-19(39)40)33-17(36)4-2-11(29)26(46)47/h5,10-13,34,41H,1-4,6-9,28-29H2,(H,30,42)(H,31,43)(H,32,35)(H,33,36)(H,37,38)(H,39,40)(H,44,45)(H,46,47)/t10-,11-,12-,13-/m0/s1. The van der Waals surface area contributed by atoms with Crippen LogP contribution in [0.3, 0.4) is 0 Å². The summed E-state index contributed by atoms with van der Waals surface area (Å²) in [6.07, 6.45) is -1.28. The van der Waals surface area contributed by atoms with Crippen molar-refractivity contribution in [2.24, 2.45) is 11.5 Å². The fourth-order valence-electron chi connectivity index (χ4n) is 3.46. The van der Waals surface area contributed by atoms with Crippen molar-refractivity contribution in [2.75, 3.05) is 24.6 Å². The summed E-state index contributed by atoms with van der Waals surface area (Å²) in [5, 5.41) is 66.0. The van der Waals surface area contributed by atoms with Gasteiger partial charge in [0.05, 0.1) is 14.3 Å². The number of nitrogens with two attached hydrogens (primary N) is 2. The monoisotopic (exact) mass is 798 g/mol. The van der Waals surface area contributed by atoms with E-state index in [-0.39, 0.29) is 51.5 Å². The summed E-state index contributed by atoms with van der Waals surface area (Å²) in [5.41, 5.74) is 10.8. The molecule has 23 heteroatoms. The van der Waals surface area contributed by atoms with Crippen LogP contribution in [0.1, 0.15) is 25.7 Å². The van der Waals surface area contributed by atoms with Crippen LogP contribution in [0.2, 0.25) is 0 Å². The Morgan fingerprint density at radius 2 is 1.12 bits per heavy atom. The summed E-state index contributed by atoms with van der Waals surface area (Å²) >= 11 is 4.66. The van der Waals surface area contributed by atoms with Gasteiger partial charge in [0, 0.05) is 24.3 Å². The second-order valence-electron chi connectivity index (χ2n) is 9.94. The lowest BCUT2D eigenvalue weighted by molar-refractivity contribution is -0.140. The normalized spacial score (nSPS) is 13.2. The number of carboxylic acids is 4. The highest BCUT2D eigenvalue weighted by molar-refractivity contribution is 9.10. The maximum Gasteiger partial charge on any atom is 0.322 e. The van der Waals surface area contributed by atoms with Crippen molar-refractivity contribution in [3.8, 4) is 11.5 Å². The highest BCUT2D eigenvalue weighted by Gasteiger charge is 2.27. The fraction of sp³-hybridized carbons (Fsp3) is 0.462. The summed E-state index contributed by atoms with van der Waals surface area (Å²) in [5.74, 6) is -10.4. The zero-order valence-electron chi connectivity index (χ0n) is 25.3. The van der Waals surface area contributed by atoms with Gasteiger partial charge in [0.1, 0.15) is 48.8 Å². The van der Waals surface area contributed by atoms with E-state index in [4.69, 9.17) is 31.9 Å². The molecule has 0 aliphatic rings. The van der Waals surface area contributed by atoms with Crippen molar-refractivity contribution in [3.63, 3.8) is 0 Å². The largest absolute Gasteiger partial charge is 0.507 e. The smallest absolute Gasteiger partial charge is 0.322 e. The lowest BCUT2D eigenvalue weighted by Gasteiger charge is -2.20. The topological polar surface area (TPSA) is 358 Å². The maximum absolute atomic E-state index is 12.6. The molecule has 0 spiro atoms. The second-order valence-corrected chi connectivity index (χ2v) is 12.8. The third-order valence-electron chi connectivity index (χ3n) is 6.07. The molecule has 4 atom stereocenters. The number of benzene rings is 1. The Hall–Kier alpha value is -4.32. The minimum atomic E-state index is -1.39. The van der Waals surface area contributed by atoms with Gasteiger partial charge in [-0.15, -0.1) is 23.5 Å². The average molecular weight is 800 g/mol. The molecule has 0 aliphatic carbocycles. The van der Waals surface area contributed by atoms with E-state index >= 15 is 0 Å². The number of carbonyl (C=O) groups excluding carboxylic acids is 4. The molecule has 0 aromatic heterocycles. The molecule has 0 fully saturated rings. The van der Waals surface area contributed by atoms with E-state index in [2.05, 4.69) is 37.2 Å². The molecule has 1 aromatic rings. The number of aromatic hydroxyl groups is 2. The molecule has 272 valence electrons. The minimum Gasteiger partial charge on any atom is -0.507 e. The quantitative estimate of drug-likeness (QED) is 0.0437. The first-order valence-electron chi connectivity index (χ1n) is 13.9. The third kappa shape index (κ3) is 15.6. The van der Waals surface area contributed by atoms with Crippen LogP contribution in [0.5, 0.6) is 11.5 Å². The molecular formula is C26H35BrN6O14S2. The van der Waals surface area contributed by atoms with E-state index in [0.717, 1.165) is 29.6 Å². The van der Waals surface area contributed by atoms with Crippen molar-refractivity contribution in [1.82, 2.24) is 21.3 Å². The lowest BCUT2D eigenvalue weighted by Crippen LogP contribution is -2.49. The van der Waals surface area contributed by atoms with Crippen molar-refractivity contribution in [2.45, 2.75) is 59.6 Å². The van der Waals surface area contributed by atoms with Crippen LogP contribution in [-0.4, -0.2) is 127 Å². The number of hydrogen-bond donors (Lipinski definition) is 12. The van der Waals surface area contributed by atoms with Gasteiger partial charge in [-0.05, 0) is 34.8 Å². The van der Waals surface area contributed by atoms with Gasteiger partial charge in [-0.1, -0.05) is 0 Å². The first kappa shape index (κ1) is 42.7. The van der Waals surface area contributed by atoms with Gasteiger partial charge in [-0.3, -0.25) is 38.4 Å². The van der Waals surface area contributed by atoms with Gasteiger partial charge in [0.2, 0.25) is 23.6 Å². The summed E-state index contributed by atoms with van der Waals surface area (Å²) in [4.78, 5) is 93.6. The van der Waals surface area contributed by atoms with Crippen LogP contribution in [-0.2, 0) is 38.4 Å². The molecule has 0 heterocycles. The molecular weight excluding hydrogens is 764 g/mol. The Bertz CT molecular complexity index is 1430. The maximum atomic E-state index is 12.6. The molecule has 0 saturated carbocycles. The van der Waals surface area contributed by atoms with Crippen molar-refractivity contribution >= 4 is 87.0 Å². The molecule has 1 rings (SSSR count). The van der Waals surface area contributed by atoms with Gasteiger partial charge >= 0.3 is 23.9 Å². The molecule has 0 radical (unpaired) electrons. The Labute approximate surface area is 294 Å². The predicted molar refractivity (Wildman–Crippen MR) is 174 cm³/mol. The molecule has 1 aromatic carbocycles. The molecule has 0 unspecified atom stereocenters. The van der Waals surface area contributed by atoms with E-state index in [1.54, 1.807) is 0 Å². The molecule has 4 amide bonds. The molecule has 14 N–H and O–H groups in total. The first-order chi connectivity index (χ1) is 22.8. The number of rotatable bonds is 22. The Balaban J connectivity index is 3.13. The van der Waals surface area contributed by atoms with E-state index in [1.165, 1.54) is 0 Å². The molecule has 0 saturated heterocycles. The van der Waals surface area contributed by atoms with Crippen molar-refractivity contribution in [3.05, 3.63) is 10.5 Å². The highest BCUT2D eigenvalue weighted by Crippen LogP contribution is 2.46. The number of nitrogens with one attached hydrogen (secondary N) is 4. The van der Waals surface area contributed by atoms with Gasteiger partial charge < -0.3 is 63.4 Å². The number of thioether (sulfide) groups is 2. The summed E-state index contributed by atoms with van der Waals surface area (Å²) in [7, 11) is 0. The summed E-state index contributed by atoms with van der Waals surface area (Å²) in [6.45, 7) is -1.57. The number of carbonyl (C=O) groups is 8. The number of amides is 4. The van der Waals surface area contributed by atoms with Crippen LogP contribution < -0.4 is 32.7 Å². The summed E-state index contributed by atoms with van der Waals surface area (Å²) < 4.78 is -0.0953. The Morgan fingerprint density at radius 1 is 0.714 bits per heavy atom. The zero-order chi connectivity index (χ0) is 37.4. The van der Waals surface area contributed by atoms with Gasteiger partial charge in [-0.2, -0.15) is 0 Å². The van der Waals surface area contributed by atoms with Crippen LogP contribution in [0, 0.1) is 0 Å². The van der Waals surface area contributed by atoms with E-state index < -0.39 is 96.3 Å². The van der Waals surface area contributed by atoms with Crippen LogP contribution in [0.4, 0.5) is 0 Å². The average Bonchev–Trinajstić information content (AvgIpc) is 3.02. The third-order valence-corrected chi connectivity index (χ3v) is 9.43. The second kappa shape index (κ2) is 20.9. The Kier molecular flexibility index (Phi) is 18.2. The van der Waals surface area contributed by atoms with Crippen LogP contribution in [0.25, 0.3) is 0 Å². The Morgan fingerprint density at radius 3 is 1.51 bits per heavy atom. The van der Waals surface area contributed by atoms with E-state index in [9.17, 15) is 48.6 Å². The van der Waals surface area contributed by atoms with Crippen LogP contribution >= 0.6 is 39.5 Å². The number of phenols is 2. The van der Waals surface area contributed by atoms with E-state index in [0.29, 0.717) is 0 Å². The number of halogens is 1. The zero-order valence-corrected chi connectivity index (χ0v) is 28.6. The summed E-state index contributed by atoms with van der Waals surface area (Å²) in [6, 6.07) is -4.38. The SMILES string of the molecule is N[C@@H](CCC(=O)N[C@@H](CSc1cc(O)c(SC[C@H](NC(=O)CC[C@H](N)C(=O)O)C(=O)NCC(=O)O)c(Br)c1O)C(=O)NCC(=O)O)C(=O)O. The number of aliphatic carboxylic acids is 4. The number of carboxylic acid groups (broad SMARTS) is 4. The predicted octanol–water partition coefficient (Wildman–Crippen LogP) is -2.20. The van der Waals surface area contributed by atoms with Crippen molar-refractivity contribution in [1.29, 1.82) is 0 Å². The van der Waals surface area contributed by atoms with Gasteiger partial charge in [-0.25, -0.2) is 0 Å². The first-order valence-corrected chi connectivity index (χ1v) is 16.6. The molecule has 0 bridgehead atoms. The highest BCUT2D eigenvalue weighted by atomic mass is 79.9. The fourth-order valence-corrected chi connectivity index (χ4v) is 6.37. The number of phenolic OH excluding ortho intramolecular Hbond substituents is 2. The molecule has 0 aliphatic heterocycles. The van der Waals surface area contributed by atoms with E-state index in [1.807, 2.05) is 0 Å². The lowest BCUT2D eigenvalue weighted by atomic mass is 10.1. The van der Waals surface area contributed by atoms with Gasteiger partial charge in [0.15, 0.2) is 0 Å². The van der Waals surface area contributed by atoms with Crippen molar-refractivity contribution < 1.29 is 69.0 Å². The molecule has 49 heavy (non-hydrogen) atoms. The minimum absolute atomic E-state index is 0.0225.